The summed E-state index contributed by atoms with van der Waals surface area (Å²) in [7, 11) is 0. The Morgan fingerprint density at radius 3 is 2.61 bits per heavy atom. The fourth-order valence-corrected chi connectivity index (χ4v) is 3.95. The van der Waals surface area contributed by atoms with Gasteiger partial charge in [-0.3, -0.25) is 9.36 Å². The average molecular weight is 446 g/mol. The molecule has 1 heterocycles. The molecule has 0 aliphatic carbocycles. The van der Waals surface area contributed by atoms with E-state index >= 15 is 0 Å². The van der Waals surface area contributed by atoms with Gasteiger partial charge in [-0.2, -0.15) is 5.26 Å². The zero-order valence-electron chi connectivity index (χ0n) is 19.7. The van der Waals surface area contributed by atoms with Crippen molar-refractivity contribution >= 4 is 22.6 Å². The zero-order valence-corrected chi connectivity index (χ0v) is 19.7. The number of urea groups is 1. The highest BCUT2D eigenvalue weighted by Crippen LogP contribution is 2.26. The van der Waals surface area contributed by atoms with Gasteiger partial charge in [0.2, 0.25) is 0 Å². The molecule has 172 valence electrons. The molecule has 2 amide bonds. The lowest BCUT2D eigenvalue weighted by molar-refractivity contribution is 0.175. The van der Waals surface area contributed by atoms with Crippen LogP contribution < -0.4 is 10.9 Å². The molecule has 1 atom stereocenters. The van der Waals surface area contributed by atoms with Crippen molar-refractivity contribution in [2.75, 3.05) is 11.9 Å². The number of aromatic nitrogens is 2. The number of fused-ring (bicyclic) bond motifs is 1. The standard InChI is InChI=1S/C26H31N5O2/c1-5-23(24-29-22-13-8-7-12-21(22)25(32)30(24)6-2)31(15-14-18(3)4)26(33)28-20-11-9-10-19(16-20)17-27/h7-13,16,18,23H,5-6,14-15H2,1-4H3,(H,28,33). The smallest absolute Gasteiger partial charge is 0.314 e. The first-order valence-electron chi connectivity index (χ1n) is 11.5. The molecule has 7 heteroatoms. The summed E-state index contributed by atoms with van der Waals surface area (Å²) in [6.45, 7) is 9.13. The van der Waals surface area contributed by atoms with Crippen molar-refractivity contribution in [1.82, 2.24) is 14.5 Å². The summed E-state index contributed by atoms with van der Waals surface area (Å²) < 4.78 is 1.67. The summed E-state index contributed by atoms with van der Waals surface area (Å²) in [5, 5.41) is 12.7. The van der Waals surface area contributed by atoms with Gasteiger partial charge in [0.25, 0.3) is 5.56 Å². The molecular weight excluding hydrogens is 414 g/mol. The average Bonchev–Trinajstić information content (AvgIpc) is 2.81. The number of nitriles is 1. The van der Waals surface area contributed by atoms with Gasteiger partial charge < -0.3 is 10.2 Å². The van der Waals surface area contributed by atoms with E-state index in [0.29, 0.717) is 53.4 Å². The lowest BCUT2D eigenvalue weighted by atomic mass is 10.1. The van der Waals surface area contributed by atoms with Gasteiger partial charge in [0.15, 0.2) is 0 Å². The summed E-state index contributed by atoms with van der Waals surface area (Å²) in [6.07, 6.45) is 1.42. The van der Waals surface area contributed by atoms with Gasteiger partial charge >= 0.3 is 6.03 Å². The minimum absolute atomic E-state index is 0.0949. The Morgan fingerprint density at radius 2 is 1.94 bits per heavy atom. The lowest BCUT2D eigenvalue weighted by Gasteiger charge is -2.32. The monoisotopic (exact) mass is 445 g/mol. The number of hydrogen-bond acceptors (Lipinski definition) is 4. The number of carbonyl (C=O) groups excluding carboxylic acids is 1. The minimum atomic E-state index is -0.375. The first-order chi connectivity index (χ1) is 15.9. The van der Waals surface area contributed by atoms with Gasteiger partial charge in [0.1, 0.15) is 5.82 Å². The third-order valence-corrected chi connectivity index (χ3v) is 5.72. The normalized spacial score (nSPS) is 11.9. The van der Waals surface area contributed by atoms with E-state index in [2.05, 4.69) is 25.2 Å². The van der Waals surface area contributed by atoms with Crippen LogP contribution in [-0.4, -0.2) is 27.0 Å². The molecule has 0 saturated heterocycles. The number of para-hydroxylation sites is 1. The third-order valence-electron chi connectivity index (χ3n) is 5.72. The topological polar surface area (TPSA) is 91.0 Å². The predicted octanol–water partition coefficient (Wildman–Crippen LogP) is 5.32. The summed E-state index contributed by atoms with van der Waals surface area (Å²) in [6, 6.07) is 15.6. The molecule has 1 N–H and O–H groups in total. The number of benzene rings is 2. The maximum atomic E-state index is 13.5. The molecule has 0 aliphatic rings. The molecule has 0 fully saturated rings. The molecule has 3 rings (SSSR count). The minimum Gasteiger partial charge on any atom is -0.314 e. The van der Waals surface area contributed by atoms with Crippen molar-refractivity contribution in [2.45, 2.75) is 53.1 Å². The van der Waals surface area contributed by atoms with Crippen molar-refractivity contribution in [3.05, 3.63) is 70.3 Å². The Balaban J connectivity index is 2.05. The second kappa shape index (κ2) is 10.8. The fraction of sp³-hybridized carbons (Fsp3) is 0.385. The van der Waals surface area contributed by atoms with Crippen molar-refractivity contribution in [1.29, 1.82) is 5.26 Å². The van der Waals surface area contributed by atoms with E-state index in [9.17, 15) is 14.9 Å². The molecule has 0 aliphatic heterocycles. The van der Waals surface area contributed by atoms with E-state index in [4.69, 9.17) is 4.98 Å². The Hall–Kier alpha value is -3.66. The molecule has 0 saturated carbocycles. The largest absolute Gasteiger partial charge is 0.322 e. The van der Waals surface area contributed by atoms with Crippen molar-refractivity contribution < 1.29 is 4.79 Å². The summed E-state index contributed by atoms with van der Waals surface area (Å²) in [5.74, 6) is 0.992. The molecule has 0 bridgehead atoms. The zero-order chi connectivity index (χ0) is 24.0. The molecule has 0 spiro atoms. The second-order valence-corrected chi connectivity index (χ2v) is 8.46. The summed E-state index contributed by atoms with van der Waals surface area (Å²) in [5.41, 5.74) is 1.57. The van der Waals surface area contributed by atoms with Crippen LogP contribution in [0.2, 0.25) is 0 Å². The van der Waals surface area contributed by atoms with Crippen molar-refractivity contribution in [3.8, 4) is 6.07 Å². The Labute approximate surface area is 194 Å². The Morgan fingerprint density at radius 1 is 1.18 bits per heavy atom. The summed E-state index contributed by atoms with van der Waals surface area (Å²) in [4.78, 5) is 33.3. The molecule has 0 radical (unpaired) electrons. The van der Waals surface area contributed by atoms with Gasteiger partial charge in [-0.15, -0.1) is 0 Å². The van der Waals surface area contributed by atoms with Crippen molar-refractivity contribution in [2.24, 2.45) is 5.92 Å². The SMILES string of the molecule is CCC(c1nc2ccccc2c(=O)n1CC)N(CCC(C)C)C(=O)Nc1cccc(C#N)c1. The third kappa shape index (κ3) is 5.40. The van der Waals surface area contributed by atoms with Gasteiger partial charge in [-0.1, -0.05) is 39.0 Å². The fourth-order valence-electron chi connectivity index (χ4n) is 3.95. The number of anilines is 1. The van der Waals surface area contributed by atoms with Gasteiger partial charge in [0.05, 0.1) is 28.6 Å². The van der Waals surface area contributed by atoms with E-state index in [1.165, 1.54) is 0 Å². The molecule has 1 aromatic heterocycles. The predicted molar refractivity (Wildman–Crippen MR) is 131 cm³/mol. The van der Waals surface area contributed by atoms with Gasteiger partial charge in [-0.25, -0.2) is 9.78 Å². The van der Waals surface area contributed by atoms with E-state index in [0.717, 1.165) is 6.42 Å². The number of nitrogens with zero attached hydrogens (tertiary/aromatic N) is 4. The van der Waals surface area contributed by atoms with Crippen LogP contribution in [0, 0.1) is 17.2 Å². The van der Waals surface area contributed by atoms with E-state index in [1.807, 2.05) is 32.0 Å². The van der Waals surface area contributed by atoms with E-state index < -0.39 is 0 Å². The lowest BCUT2D eigenvalue weighted by Crippen LogP contribution is -2.42. The molecular formula is C26H31N5O2. The van der Waals surface area contributed by atoms with Crippen LogP contribution in [0.25, 0.3) is 10.9 Å². The maximum Gasteiger partial charge on any atom is 0.322 e. The van der Waals surface area contributed by atoms with Crippen LogP contribution >= 0.6 is 0 Å². The van der Waals surface area contributed by atoms with Crippen LogP contribution in [0.4, 0.5) is 10.5 Å². The van der Waals surface area contributed by atoms with Crippen LogP contribution in [0.15, 0.2) is 53.3 Å². The second-order valence-electron chi connectivity index (χ2n) is 8.46. The highest BCUT2D eigenvalue weighted by Gasteiger charge is 2.28. The first-order valence-corrected chi connectivity index (χ1v) is 11.5. The number of hydrogen-bond donors (Lipinski definition) is 1. The highest BCUT2D eigenvalue weighted by atomic mass is 16.2. The van der Waals surface area contributed by atoms with Gasteiger partial charge in [-0.05, 0) is 56.0 Å². The highest BCUT2D eigenvalue weighted by molar-refractivity contribution is 5.90. The maximum absolute atomic E-state index is 13.5. The number of carbonyl (C=O) groups is 1. The Kier molecular flexibility index (Phi) is 7.83. The number of rotatable bonds is 8. The van der Waals surface area contributed by atoms with Crippen molar-refractivity contribution in [3.63, 3.8) is 0 Å². The Bertz CT molecular complexity index is 1230. The van der Waals surface area contributed by atoms with Crippen LogP contribution in [-0.2, 0) is 6.54 Å². The van der Waals surface area contributed by atoms with Crippen LogP contribution in [0.1, 0.15) is 58.0 Å². The van der Waals surface area contributed by atoms with Crippen LogP contribution in [0.5, 0.6) is 0 Å². The van der Waals surface area contributed by atoms with Gasteiger partial charge in [0, 0.05) is 18.8 Å². The van der Waals surface area contributed by atoms with E-state index in [1.54, 1.807) is 39.8 Å². The number of nitrogens with one attached hydrogen (secondary N) is 1. The first kappa shape index (κ1) is 24.0. The van der Waals surface area contributed by atoms with E-state index in [-0.39, 0.29) is 17.6 Å². The quantitative estimate of drug-likeness (QED) is 0.508. The van der Waals surface area contributed by atoms with Crippen LogP contribution in [0.3, 0.4) is 0 Å². The molecule has 7 nitrogen and oxygen atoms in total. The molecule has 33 heavy (non-hydrogen) atoms. The summed E-state index contributed by atoms with van der Waals surface area (Å²) >= 11 is 0. The molecule has 2 aromatic carbocycles. The molecule has 1 unspecified atom stereocenters. The molecule has 3 aromatic rings. The number of amides is 2.